The van der Waals surface area contributed by atoms with Gasteiger partial charge in [-0.1, -0.05) is 48.0 Å². The van der Waals surface area contributed by atoms with Crippen LogP contribution < -0.4 is 5.32 Å². The number of esters is 1. The molecule has 2 aromatic carbocycles. The summed E-state index contributed by atoms with van der Waals surface area (Å²) in [5, 5.41) is 5.04. The molecule has 3 aromatic rings. The number of rotatable bonds is 6. The maximum absolute atomic E-state index is 12.2. The molecule has 0 spiro atoms. The summed E-state index contributed by atoms with van der Waals surface area (Å²) in [7, 11) is 0. The first kappa shape index (κ1) is 17.5. The summed E-state index contributed by atoms with van der Waals surface area (Å²) < 4.78 is 10.9. The molecule has 1 atom stereocenters. The third-order valence-corrected chi connectivity index (χ3v) is 4.46. The Morgan fingerprint density at radius 2 is 1.92 bits per heavy atom. The summed E-state index contributed by atoms with van der Waals surface area (Å²) in [6.45, 7) is 4.59. The molecule has 130 valence electrons. The lowest BCUT2D eigenvalue weighted by Crippen LogP contribution is -2.20. The normalized spacial score (nSPS) is 12.3. The second-order valence-corrected chi connectivity index (χ2v) is 6.16. The lowest BCUT2D eigenvalue weighted by molar-refractivity contribution is 0.0490. The Hall–Kier alpha value is -2.30. The lowest BCUT2D eigenvalue weighted by atomic mass is 10.1. The van der Waals surface area contributed by atoms with Crippen LogP contribution >= 0.6 is 11.6 Å². The van der Waals surface area contributed by atoms with Gasteiger partial charge in [0.15, 0.2) is 0 Å². The van der Waals surface area contributed by atoms with Gasteiger partial charge in [0.25, 0.3) is 0 Å². The fourth-order valence-electron chi connectivity index (χ4n) is 2.83. The van der Waals surface area contributed by atoms with Crippen molar-refractivity contribution in [1.29, 1.82) is 0 Å². The van der Waals surface area contributed by atoms with E-state index in [0.717, 1.165) is 16.5 Å². The van der Waals surface area contributed by atoms with Crippen molar-refractivity contribution in [2.45, 2.75) is 26.4 Å². The highest BCUT2D eigenvalue weighted by molar-refractivity contribution is 6.31. The van der Waals surface area contributed by atoms with E-state index in [-0.39, 0.29) is 11.8 Å². The Bertz CT molecular complexity index is 888. The van der Waals surface area contributed by atoms with Gasteiger partial charge in [0.2, 0.25) is 5.76 Å². The molecule has 1 heterocycles. The average Bonchev–Trinajstić information content (AvgIpc) is 2.99. The van der Waals surface area contributed by atoms with Gasteiger partial charge in [-0.05, 0) is 31.5 Å². The van der Waals surface area contributed by atoms with Gasteiger partial charge in [-0.2, -0.15) is 0 Å². The summed E-state index contributed by atoms with van der Waals surface area (Å²) in [6.07, 6.45) is 0. The molecule has 1 aromatic heterocycles. The van der Waals surface area contributed by atoms with E-state index in [0.29, 0.717) is 23.8 Å². The van der Waals surface area contributed by atoms with Crippen molar-refractivity contribution in [3.05, 3.63) is 70.4 Å². The first-order chi connectivity index (χ1) is 12.1. The number of fused-ring (bicyclic) bond motifs is 1. The Kier molecular flexibility index (Phi) is 5.41. The number of nitrogens with one attached hydrogen (secondary N) is 1. The summed E-state index contributed by atoms with van der Waals surface area (Å²) in [5.74, 6) is -0.192. The van der Waals surface area contributed by atoms with Crippen molar-refractivity contribution in [3.63, 3.8) is 0 Å². The van der Waals surface area contributed by atoms with Crippen molar-refractivity contribution in [2.24, 2.45) is 0 Å². The number of hydrogen-bond donors (Lipinski definition) is 1. The van der Waals surface area contributed by atoms with Crippen molar-refractivity contribution in [2.75, 3.05) is 6.61 Å². The number of furan rings is 1. The highest BCUT2D eigenvalue weighted by Gasteiger charge is 2.22. The maximum atomic E-state index is 12.2. The summed E-state index contributed by atoms with van der Waals surface area (Å²) >= 11 is 6.27. The largest absolute Gasteiger partial charge is 0.460 e. The van der Waals surface area contributed by atoms with Crippen LogP contribution in [0.15, 0.2) is 52.9 Å². The Balaban J connectivity index is 1.88. The number of halogens is 1. The van der Waals surface area contributed by atoms with E-state index in [1.165, 1.54) is 0 Å². The molecule has 0 saturated heterocycles. The minimum Gasteiger partial charge on any atom is -0.460 e. The predicted octanol–water partition coefficient (Wildman–Crippen LogP) is 5.11. The number of benzene rings is 2. The second kappa shape index (κ2) is 7.72. The van der Waals surface area contributed by atoms with Gasteiger partial charge in [-0.25, -0.2) is 4.79 Å². The standard InChI is InChI=1S/C20H20ClNO3/c1-3-24-20(23)19-16(15-9-5-7-11-18(15)25-19)12-22-13(2)14-8-4-6-10-17(14)21/h4-11,13,22H,3,12H2,1-2H3/t13-/m0/s1. The van der Waals surface area contributed by atoms with Crippen molar-refractivity contribution in [3.8, 4) is 0 Å². The van der Waals surface area contributed by atoms with Gasteiger partial charge in [0.1, 0.15) is 5.58 Å². The maximum Gasteiger partial charge on any atom is 0.374 e. The van der Waals surface area contributed by atoms with E-state index >= 15 is 0 Å². The van der Waals surface area contributed by atoms with Gasteiger partial charge in [0, 0.05) is 28.6 Å². The van der Waals surface area contributed by atoms with E-state index in [4.69, 9.17) is 20.8 Å². The smallest absolute Gasteiger partial charge is 0.374 e. The third kappa shape index (κ3) is 3.70. The molecule has 0 radical (unpaired) electrons. The van der Waals surface area contributed by atoms with E-state index in [9.17, 15) is 4.79 Å². The van der Waals surface area contributed by atoms with Crippen molar-refractivity contribution >= 4 is 28.5 Å². The van der Waals surface area contributed by atoms with Crippen LogP contribution in [-0.2, 0) is 11.3 Å². The highest BCUT2D eigenvalue weighted by Crippen LogP contribution is 2.28. The molecule has 0 amide bonds. The zero-order valence-corrected chi connectivity index (χ0v) is 15.0. The topological polar surface area (TPSA) is 51.5 Å². The fourth-order valence-corrected chi connectivity index (χ4v) is 3.13. The van der Waals surface area contributed by atoms with Gasteiger partial charge in [0.05, 0.1) is 6.61 Å². The fraction of sp³-hybridized carbons (Fsp3) is 0.250. The van der Waals surface area contributed by atoms with E-state index in [1.54, 1.807) is 6.92 Å². The molecule has 0 saturated carbocycles. The van der Waals surface area contributed by atoms with Gasteiger partial charge >= 0.3 is 5.97 Å². The van der Waals surface area contributed by atoms with E-state index in [2.05, 4.69) is 5.32 Å². The quantitative estimate of drug-likeness (QED) is 0.622. The van der Waals surface area contributed by atoms with E-state index in [1.807, 2.05) is 55.5 Å². The molecule has 1 N–H and O–H groups in total. The molecular weight excluding hydrogens is 338 g/mol. The zero-order chi connectivity index (χ0) is 17.8. The summed E-state index contributed by atoms with van der Waals surface area (Å²) in [4.78, 5) is 12.2. The van der Waals surface area contributed by atoms with Gasteiger partial charge in [-0.3, -0.25) is 0 Å². The van der Waals surface area contributed by atoms with Crippen LogP contribution in [0.4, 0.5) is 0 Å². The lowest BCUT2D eigenvalue weighted by Gasteiger charge is -2.15. The first-order valence-electron chi connectivity index (χ1n) is 8.27. The van der Waals surface area contributed by atoms with Gasteiger partial charge in [-0.15, -0.1) is 0 Å². The Morgan fingerprint density at radius 3 is 2.68 bits per heavy atom. The molecule has 3 rings (SSSR count). The summed E-state index contributed by atoms with van der Waals surface area (Å²) in [5.41, 5.74) is 2.48. The second-order valence-electron chi connectivity index (χ2n) is 5.75. The molecule has 0 aliphatic heterocycles. The molecule has 0 bridgehead atoms. The predicted molar refractivity (Wildman–Crippen MR) is 98.9 cm³/mol. The van der Waals surface area contributed by atoms with Crippen LogP contribution in [-0.4, -0.2) is 12.6 Å². The first-order valence-corrected chi connectivity index (χ1v) is 8.65. The van der Waals surface area contributed by atoms with Crippen LogP contribution in [0, 0.1) is 0 Å². The zero-order valence-electron chi connectivity index (χ0n) is 14.2. The molecule has 4 nitrogen and oxygen atoms in total. The van der Waals surface area contributed by atoms with Crippen molar-refractivity contribution in [1.82, 2.24) is 5.32 Å². The number of ether oxygens (including phenoxy) is 1. The number of hydrogen-bond acceptors (Lipinski definition) is 4. The minimum atomic E-state index is -0.444. The molecule has 25 heavy (non-hydrogen) atoms. The molecule has 0 unspecified atom stereocenters. The third-order valence-electron chi connectivity index (χ3n) is 4.12. The molecule has 0 fully saturated rings. The van der Waals surface area contributed by atoms with Gasteiger partial charge < -0.3 is 14.5 Å². The molecule has 5 heteroatoms. The molecule has 0 aliphatic carbocycles. The average molecular weight is 358 g/mol. The van der Waals surface area contributed by atoms with Crippen LogP contribution in [0.25, 0.3) is 11.0 Å². The van der Waals surface area contributed by atoms with Crippen molar-refractivity contribution < 1.29 is 13.9 Å². The van der Waals surface area contributed by atoms with Crippen LogP contribution in [0.2, 0.25) is 5.02 Å². The highest BCUT2D eigenvalue weighted by atomic mass is 35.5. The van der Waals surface area contributed by atoms with E-state index < -0.39 is 5.97 Å². The monoisotopic (exact) mass is 357 g/mol. The number of para-hydroxylation sites is 1. The number of carbonyl (C=O) groups excluding carboxylic acids is 1. The molecular formula is C20H20ClNO3. The minimum absolute atomic E-state index is 0.0254. The number of carbonyl (C=O) groups is 1. The van der Waals surface area contributed by atoms with Crippen LogP contribution in [0.5, 0.6) is 0 Å². The van der Waals surface area contributed by atoms with Crippen LogP contribution in [0.3, 0.4) is 0 Å². The van der Waals surface area contributed by atoms with Crippen LogP contribution in [0.1, 0.15) is 41.6 Å². The summed E-state index contributed by atoms with van der Waals surface area (Å²) in [6, 6.07) is 15.3. The molecule has 0 aliphatic rings. The SMILES string of the molecule is CCOC(=O)c1oc2ccccc2c1CN[C@@H](C)c1ccccc1Cl. The Morgan fingerprint density at radius 1 is 1.20 bits per heavy atom. The Labute approximate surface area is 151 Å².